The monoisotopic (exact) mass is 640 g/mol. The number of hydrogen-bond donors (Lipinski definition) is 7. The first-order valence-corrected chi connectivity index (χ1v) is 18.7. The van der Waals surface area contributed by atoms with Crippen LogP contribution in [0.2, 0.25) is 0 Å². The highest BCUT2D eigenvalue weighted by Gasteiger charge is 2.48. The molecule has 3 heterocycles. The number of β-amino-alcohol motifs (C(OH)–C–C–N with tert-alkyl or cyclic N) is 1. The van der Waals surface area contributed by atoms with Gasteiger partial charge in [-0.1, -0.05) is 75.6 Å². The van der Waals surface area contributed by atoms with Crippen molar-refractivity contribution in [3.8, 4) is 0 Å². The standard InChI is InChI=1S/C38H64N4O4/c1-27-32(43)17-16-31(41-27)15-14-28-11-6-3-4-7-18-37(46,25-35(44)45)26-40-36(2)23-33(42-34(39)24-36)38(19-8-5-9-20-38)30-13-10-12-29(21-28)22-30/h10,12-13,22,27-28,31-34,40-43,46H,3-9,11,14-21,23-26,39H2,1-2H3,(H,44,45)/t27-,28+,31+,32+,33-,34-,36+,37+/m0/s1. The fourth-order valence-corrected chi connectivity index (χ4v) is 9.60. The van der Waals surface area contributed by atoms with Gasteiger partial charge in [-0.2, -0.15) is 0 Å². The molecule has 4 bridgehead atoms. The fourth-order valence-electron chi connectivity index (χ4n) is 9.60. The van der Waals surface area contributed by atoms with Crippen molar-refractivity contribution in [1.82, 2.24) is 16.0 Å². The molecule has 0 radical (unpaired) electrons. The summed E-state index contributed by atoms with van der Waals surface area (Å²) in [6, 6.07) is 10.3. The Kier molecular flexibility index (Phi) is 12.3. The summed E-state index contributed by atoms with van der Waals surface area (Å²) >= 11 is 0. The minimum atomic E-state index is -1.28. The van der Waals surface area contributed by atoms with Crippen molar-refractivity contribution in [2.45, 2.75) is 183 Å². The number of piperidine rings is 2. The predicted octanol–water partition coefficient (Wildman–Crippen LogP) is 5.27. The molecule has 3 aliphatic heterocycles. The maximum Gasteiger partial charge on any atom is 0.306 e. The first kappa shape index (κ1) is 35.7. The van der Waals surface area contributed by atoms with Gasteiger partial charge in [0.25, 0.3) is 0 Å². The lowest BCUT2D eigenvalue weighted by atomic mass is 9.61. The second-order valence-corrected chi connectivity index (χ2v) is 16.3. The van der Waals surface area contributed by atoms with Gasteiger partial charge in [-0.15, -0.1) is 0 Å². The number of nitrogens with one attached hydrogen (secondary N) is 3. The van der Waals surface area contributed by atoms with Crippen LogP contribution in [0.15, 0.2) is 24.3 Å². The Bertz CT molecular complexity index is 1130. The summed E-state index contributed by atoms with van der Waals surface area (Å²) in [5.41, 5.74) is 8.06. The molecule has 1 aromatic rings. The molecule has 3 fully saturated rings. The number of hydrogen-bond acceptors (Lipinski definition) is 7. The lowest BCUT2D eigenvalue weighted by Gasteiger charge is -2.53. The number of carbonyl (C=O) groups is 1. The van der Waals surface area contributed by atoms with Gasteiger partial charge >= 0.3 is 5.97 Å². The number of rotatable bonds is 5. The van der Waals surface area contributed by atoms with Crippen LogP contribution in [-0.2, 0) is 16.6 Å². The highest BCUT2D eigenvalue weighted by Crippen LogP contribution is 2.46. The predicted molar refractivity (Wildman–Crippen MR) is 185 cm³/mol. The van der Waals surface area contributed by atoms with Gasteiger partial charge in [0, 0.05) is 35.6 Å². The lowest BCUT2D eigenvalue weighted by molar-refractivity contribution is -0.143. The van der Waals surface area contributed by atoms with E-state index >= 15 is 0 Å². The summed E-state index contributed by atoms with van der Waals surface area (Å²) in [4.78, 5) is 11.8. The van der Waals surface area contributed by atoms with Gasteiger partial charge in [0.1, 0.15) is 0 Å². The molecule has 8 nitrogen and oxygen atoms in total. The average Bonchev–Trinajstić information content (AvgIpc) is 3.01. The molecule has 1 aromatic carbocycles. The molecule has 0 unspecified atom stereocenters. The maximum absolute atomic E-state index is 11.8. The first-order chi connectivity index (χ1) is 22.0. The third-order valence-corrected chi connectivity index (χ3v) is 12.3. The van der Waals surface area contributed by atoms with Crippen LogP contribution in [0.4, 0.5) is 0 Å². The van der Waals surface area contributed by atoms with Crippen molar-refractivity contribution in [3.05, 3.63) is 35.4 Å². The van der Waals surface area contributed by atoms with E-state index in [1.54, 1.807) is 0 Å². The Morgan fingerprint density at radius 2 is 1.70 bits per heavy atom. The van der Waals surface area contributed by atoms with Crippen molar-refractivity contribution in [1.29, 1.82) is 0 Å². The summed E-state index contributed by atoms with van der Waals surface area (Å²) in [5.74, 6) is -0.352. The summed E-state index contributed by atoms with van der Waals surface area (Å²) in [6.45, 7) is 4.59. The third-order valence-electron chi connectivity index (χ3n) is 12.3. The average molecular weight is 641 g/mol. The van der Waals surface area contributed by atoms with E-state index in [2.05, 4.69) is 54.1 Å². The zero-order valence-corrected chi connectivity index (χ0v) is 28.7. The van der Waals surface area contributed by atoms with Gasteiger partial charge in [0.15, 0.2) is 0 Å². The van der Waals surface area contributed by atoms with Gasteiger partial charge in [-0.05, 0) is 95.1 Å². The molecule has 260 valence electrons. The molecule has 8 N–H and O–H groups in total. The second-order valence-electron chi connectivity index (χ2n) is 16.3. The van der Waals surface area contributed by atoms with Crippen molar-refractivity contribution in [3.63, 3.8) is 0 Å². The molecule has 0 amide bonds. The summed E-state index contributed by atoms with van der Waals surface area (Å²) in [7, 11) is 0. The Morgan fingerprint density at radius 3 is 2.46 bits per heavy atom. The first-order valence-electron chi connectivity index (χ1n) is 18.7. The van der Waals surface area contributed by atoms with E-state index in [1.165, 1.54) is 43.2 Å². The Morgan fingerprint density at radius 1 is 0.957 bits per heavy atom. The number of aliphatic carboxylic acids is 1. The number of fused-ring (bicyclic) bond motifs is 6. The van der Waals surface area contributed by atoms with Crippen molar-refractivity contribution in [2.24, 2.45) is 11.7 Å². The zero-order chi connectivity index (χ0) is 32.8. The van der Waals surface area contributed by atoms with Crippen LogP contribution >= 0.6 is 0 Å². The molecule has 5 rings (SSSR count). The number of benzene rings is 1. The molecule has 1 saturated carbocycles. The van der Waals surface area contributed by atoms with E-state index in [9.17, 15) is 20.1 Å². The maximum atomic E-state index is 11.8. The summed E-state index contributed by atoms with van der Waals surface area (Å²) in [6.07, 6.45) is 18.0. The number of carboxylic acid groups (broad SMARTS) is 1. The largest absolute Gasteiger partial charge is 0.481 e. The lowest BCUT2D eigenvalue weighted by Crippen LogP contribution is -2.67. The van der Waals surface area contributed by atoms with Gasteiger partial charge in [0.2, 0.25) is 0 Å². The smallest absolute Gasteiger partial charge is 0.306 e. The Labute approximate surface area is 278 Å². The van der Waals surface area contributed by atoms with E-state index in [-0.39, 0.29) is 48.3 Å². The number of aliphatic hydroxyl groups is 2. The molecule has 8 heteroatoms. The number of nitrogens with two attached hydrogens (primary N) is 1. The molecular weight excluding hydrogens is 576 g/mol. The van der Waals surface area contributed by atoms with Crippen LogP contribution in [0, 0.1) is 5.92 Å². The van der Waals surface area contributed by atoms with Crippen molar-refractivity contribution >= 4 is 5.97 Å². The summed E-state index contributed by atoms with van der Waals surface area (Å²) in [5, 5.41) is 42.7. The summed E-state index contributed by atoms with van der Waals surface area (Å²) < 4.78 is 0. The SMILES string of the molecule is C[C@@H]1N[C@H](CC[C@H]2CCCCCC[C@@](O)(CC(=O)O)CN[C@@]3(C)C[C@@H](N)N[C@@H](C3)C3(CCCCC3)c3cccc(c3)C2)CC[C@H]1O. The quantitative estimate of drug-likeness (QED) is 0.231. The molecule has 8 atom stereocenters. The van der Waals surface area contributed by atoms with Crippen LogP contribution in [0.5, 0.6) is 0 Å². The van der Waals surface area contributed by atoms with E-state index in [4.69, 9.17) is 5.73 Å². The van der Waals surface area contributed by atoms with E-state index < -0.39 is 11.6 Å². The van der Waals surface area contributed by atoms with Gasteiger partial charge in [-0.3, -0.25) is 10.1 Å². The molecule has 1 spiro atoms. The van der Waals surface area contributed by atoms with Crippen LogP contribution < -0.4 is 21.7 Å². The minimum absolute atomic E-state index is 0.00344. The molecule has 2 saturated heterocycles. The fraction of sp³-hybridized carbons (Fsp3) is 0.816. The normalized spacial score (nSPS) is 38.0. The van der Waals surface area contributed by atoms with Gasteiger partial charge in [0.05, 0.1) is 24.3 Å². The molecule has 4 aliphatic rings. The van der Waals surface area contributed by atoms with E-state index in [0.717, 1.165) is 77.0 Å². The topological polar surface area (TPSA) is 140 Å². The minimum Gasteiger partial charge on any atom is -0.481 e. The van der Waals surface area contributed by atoms with Crippen molar-refractivity contribution in [2.75, 3.05) is 6.54 Å². The zero-order valence-electron chi connectivity index (χ0n) is 28.7. The Hall–Kier alpha value is -1.55. The number of aliphatic hydroxyl groups excluding tert-OH is 1. The Balaban J connectivity index is 1.42. The highest BCUT2D eigenvalue weighted by atomic mass is 16.4. The van der Waals surface area contributed by atoms with Crippen LogP contribution in [0.3, 0.4) is 0 Å². The van der Waals surface area contributed by atoms with Gasteiger partial charge in [-0.25, -0.2) is 0 Å². The molecule has 1 aliphatic carbocycles. The van der Waals surface area contributed by atoms with Crippen LogP contribution in [0.25, 0.3) is 0 Å². The van der Waals surface area contributed by atoms with Crippen LogP contribution in [-0.4, -0.2) is 69.4 Å². The molecule has 46 heavy (non-hydrogen) atoms. The molecular formula is C38H64N4O4. The van der Waals surface area contributed by atoms with Crippen LogP contribution in [0.1, 0.15) is 141 Å². The van der Waals surface area contributed by atoms with Gasteiger partial charge < -0.3 is 31.7 Å². The highest BCUT2D eigenvalue weighted by molar-refractivity contribution is 5.68. The number of carboxylic acids is 1. The third kappa shape index (κ3) is 9.32. The molecule has 0 aromatic heterocycles. The second kappa shape index (κ2) is 15.8. The van der Waals surface area contributed by atoms with E-state index in [1.807, 2.05) is 0 Å². The van der Waals surface area contributed by atoms with Crippen molar-refractivity contribution < 1.29 is 20.1 Å². The van der Waals surface area contributed by atoms with E-state index in [0.29, 0.717) is 18.4 Å².